The summed E-state index contributed by atoms with van der Waals surface area (Å²) in [4.78, 5) is 25.3. The van der Waals surface area contributed by atoms with Crippen LogP contribution in [-0.2, 0) is 30.2 Å². The molecule has 1 aliphatic rings. The third-order valence-electron chi connectivity index (χ3n) is 4.60. The van der Waals surface area contributed by atoms with Crippen molar-refractivity contribution in [3.05, 3.63) is 35.4 Å². The maximum atomic E-state index is 12.6. The Kier molecular flexibility index (Phi) is 7.20. The molecule has 0 fully saturated rings. The fraction of sp³-hybridized carbons (Fsp3) is 0.529. The van der Waals surface area contributed by atoms with E-state index in [2.05, 4.69) is 0 Å². The summed E-state index contributed by atoms with van der Waals surface area (Å²) >= 11 is 0. The minimum absolute atomic E-state index is 0. The third-order valence-corrected chi connectivity index (χ3v) is 4.60. The standard InChI is InChI=1S/C17H23NO5.ClH/c1-21-9-8-17(15(19)22-2,16(20)23-3)14-12-7-5-4-6-11(12)10-13(14)18;/h4-7,13-14H,8-10,18H2,1-3H3;1H/t13-,14-;/m1./s1. The maximum Gasteiger partial charge on any atom is 0.324 e. The molecule has 7 heteroatoms. The van der Waals surface area contributed by atoms with E-state index in [4.69, 9.17) is 19.9 Å². The molecular formula is C17H24ClNO5. The molecule has 0 spiro atoms. The van der Waals surface area contributed by atoms with Gasteiger partial charge in [-0.25, -0.2) is 0 Å². The van der Waals surface area contributed by atoms with Gasteiger partial charge in [0.05, 0.1) is 14.2 Å². The van der Waals surface area contributed by atoms with Crippen molar-refractivity contribution in [2.75, 3.05) is 27.9 Å². The second-order valence-electron chi connectivity index (χ2n) is 5.74. The Hall–Kier alpha value is -1.63. The highest BCUT2D eigenvalue weighted by Gasteiger charge is 2.58. The quantitative estimate of drug-likeness (QED) is 0.612. The molecule has 0 saturated heterocycles. The molecule has 24 heavy (non-hydrogen) atoms. The summed E-state index contributed by atoms with van der Waals surface area (Å²) in [7, 11) is 4.04. The number of rotatable bonds is 6. The molecule has 0 amide bonds. The van der Waals surface area contributed by atoms with Gasteiger partial charge in [0.15, 0.2) is 5.41 Å². The number of hydrogen-bond donors (Lipinski definition) is 1. The predicted molar refractivity (Wildman–Crippen MR) is 91.1 cm³/mol. The van der Waals surface area contributed by atoms with Crippen molar-refractivity contribution in [3.8, 4) is 0 Å². The van der Waals surface area contributed by atoms with E-state index in [-0.39, 0.29) is 31.5 Å². The van der Waals surface area contributed by atoms with Crippen LogP contribution in [0.25, 0.3) is 0 Å². The third kappa shape index (κ3) is 3.27. The SMILES string of the molecule is COCCC(C(=O)OC)(C(=O)OC)[C@@H]1c2ccccc2C[C@H]1N.Cl. The summed E-state index contributed by atoms with van der Waals surface area (Å²) in [5.41, 5.74) is 6.74. The average molecular weight is 358 g/mol. The molecule has 0 bridgehead atoms. The van der Waals surface area contributed by atoms with Crippen molar-refractivity contribution >= 4 is 24.3 Å². The smallest absolute Gasteiger partial charge is 0.324 e. The van der Waals surface area contributed by atoms with Crippen molar-refractivity contribution in [3.63, 3.8) is 0 Å². The molecule has 1 aromatic carbocycles. The first-order valence-electron chi connectivity index (χ1n) is 7.52. The Balaban J connectivity index is 0.00000288. The zero-order chi connectivity index (χ0) is 17.0. The first-order chi connectivity index (χ1) is 11.0. The van der Waals surface area contributed by atoms with Crippen LogP contribution in [-0.4, -0.2) is 45.9 Å². The van der Waals surface area contributed by atoms with Crippen LogP contribution in [0.15, 0.2) is 24.3 Å². The second-order valence-corrected chi connectivity index (χ2v) is 5.74. The fourth-order valence-corrected chi connectivity index (χ4v) is 3.58. The molecule has 134 valence electrons. The highest BCUT2D eigenvalue weighted by molar-refractivity contribution is 6.01. The van der Waals surface area contributed by atoms with Gasteiger partial charge in [-0.05, 0) is 24.0 Å². The molecule has 0 radical (unpaired) electrons. The molecule has 2 N–H and O–H groups in total. The molecule has 6 nitrogen and oxygen atoms in total. The van der Waals surface area contributed by atoms with Gasteiger partial charge < -0.3 is 19.9 Å². The number of carbonyl (C=O) groups is 2. The molecule has 1 aliphatic carbocycles. The Bertz CT molecular complexity index is 576. The van der Waals surface area contributed by atoms with Gasteiger partial charge in [0, 0.05) is 25.7 Å². The molecule has 0 unspecified atom stereocenters. The van der Waals surface area contributed by atoms with Crippen molar-refractivity contribution in [2.24, 2.45) is 11.1 Å². The lowest BCUT2D eigenvalue weighted by atomic mass is 9.68. The number of nitrogens with two attached hydrogens (primary N) is 1. The lowest BCUT2D eigenvalue weighted by molar-refractivity contribution is -0.173. The molecular weight excluding hydrogens is 334 g/mol. The normalized spacial score (nSPS) is 19.2. The first-order valence-corrected chi connectivity index (χ1v) is 7.52. The first kappa shape index (κ1) is 20.4. The van der Waals surface area contributed by atoms with Crippen molar-refractivity contribution in [2.45, 2.75) is 24.8 Å². The summed E-state index contributed by atoms with van der Waals surface area (Å²) in [6.07, 6.45) is 0.749. The van der Waals surface area contributed by atoms with Gasteiger partial charge in [-0.15, -0.1) is 12.4 Å². The zero-order valence-electron chi connectivity index (χ0n) is 14.1. The Labute approximate surface area is 148 Å². The van der Waals surface area contributed by atoms with Crippen LogP contribution in [0, 0.1) is 5.41 Å². The summed E-state index contributed by atoms with van der Waals surface area (Å²) in [5.74, 6) is -1.79. The number of halogens is 1. The van der Waals surface area contributed by atoms with Gasteiger partial charge in [0.2, 0.25) is 0 Å². The predicted octanol–water partition coefficient (Wildman–Crippen LogP) is 1.44. The number of methoxy groups -OCH3 is 3. The van der Waals surface area contributed by atoms with Gasteiger partial charge in [-0.3, -0.25) is 9.59 Å². The lowest BCUT2D eigenvalue weighted by Crippen LogP contribution is -2.51. The molecule has 0 aromatic heterocycles. The summed E-state index contributed by atoms with van der Waals surface area (Å²) in [5, 5.41) is 0. The van der Waals surface area contributed by atoms with E-state index in [9.17, 15) is 9.59 Å². The van der Waals surface area contributed by atoms with Crippen LogP contribution in [0.5, 0.6) is 0 Å². The molecule has 1 aromatic rings. The number of benzene rings is 1. The van der Waals surface area contributed by atoms with Crippen LogP contribution in [0.4, 0.5) is 0 Å². The van der Waals surface area contributed by atoms with E-state index in [1.807, 2.05) is 24.3 Å². The Morgan fingerprint density at radius 3 is 2.29 bits per heavy atom. The Morgan fingerprint density at radius 2 is 1.75 bits per heavy atom. The van der Waals surface area contributed by atoms with E-state index in [0.29, 0.717) is 6.42 Å². The van der Waals surface area contributed by atoms with Gasteiger partial charge in [0.1, 0.15) is 0 Å². The van der Waals surface area contributed by atoms with Crippen molar-refractivity contribution in [1.82, 2.24) is 0 Å². The van der Waals surface area contributed by atoms with E-state index in [1.54, 1.807) is 0 Å². The summed E-state index contributed by atoms with van der Waals surface area (Å²) in [6, 6.07) is 7.29. The summed E-state index contributed by atoms with van der Waals surface area (Å²) in [6.45, 7) is 0.218. The zero-order valence-corrected chi connectivity index (χ0v) is 14.9. The summed E-state index contributed by atoms with van der Waals surface area (Å²) < 4.78 is 15.0. The molecule has 0 saturated carbocycles. The van der Waals surface area contributed by atoms with E-state index < -0.39 is 23.3 Å². The lowest BCUT2D eigenvalue weighted by Gasteiger charge is -2.36. The van der Waals surface area contributed by atoms with Gasteiger partial charge in [-0.2, -0.15) is 0 Å². The van der Waals surface area contributed by atoms with Crippen molar-refractivity contribution < 1.29 is 23.8 Å². The number of esters is 2. The molecule has 0 heterocycles. The minimum Gasteiger partial charge on any atom is -0.468 e. The van der Waals surface area contributed by atoms with Gasteiger partial charge in [-0.1, -0.05) is 24.3 Å². The topological polar surface area (TPSA) is 87.8 Å². The fourth-order valence-electron chi connectivity index (χ4n) is 3.58. The van der Waals surface area contributed by atoms with Crippen molar-refractivity contribution in [1.29, 1.82) is 0 Å². The number of carbonyl (C=O) groups excluding carboxylic acids is 2. The monoisotopic (exact) mass is 357 g/mol. The number of hydrogen-bond acceptors (Lipinski definition) is 6. The van der Waals surface area contributed by atoms with E-state index in [1.165, 1.54) is 21.3 Å². The average Bonchev–Trinajstić information content (AvgIpc) is 2.91. The highest BCUT2D eigenvalue weighted by atomic mass is 35.5. The second kappa shape index (κ2) is 8.46. The number of fused-ring (bicyclic) bond motifs is 1. The van der Waals surface area contributed by atoms with E-state index in [0.717, 1.165) is 11.1 Å². The van der Waals surface area contributed by atoms with Gasteiger partial charge >= 0.3 is 11.9 Å². The molecule has 2 rings (SSSR count). The number of ether oxygens (including phenoxy) is 3. The van der Waals surface area contributed by atoms with Crippen LogP contribution < -0.4 is 5.73 Å². The minimum atomic E-state index is -1.51. The largest absolute Gasteiger partial charge is 0.468 e. The molecule has 2 atom stereocenters. The van der Waals surface area contributed by atoms with Gasteiger partial charge in [0.25, 0.3) is 0 Å². The van der Waals surface area contributed by atoms with Crippen LogP contribution in [0.3, 0.4) is 0 Å². The van der Waals surface area contributed by atoms with Crippen LogP contribution in [0.2, 0.25) is 0 Å². The maximum absolute atomic E-state index is 12.6. The van der Waals surface area contributed by atoms with Crippen LogP contribution in [0.1, 0.15) is 23.5 Å². The molecule has 0 aliphatic heterocycles. The van der Waals surface area contributed by atoms with E-state index >= 15 is 0 Å². The van der Waals surface area contributed by atoms with Crippen LogP contribution >= 0.6 is 12.4 Å². The highest BCUT2D eigenvalue weighted by Crippen LogP contribution is 2.48. The Morgan fingerprint density at radius 1 is 1.17 bits per heavy atom.